The van der Waals surface area contributed by atoms with E-state index in [4.69, 9.17) is 15.1 Å². The molecule has 0 radical (unpaired) electrons. The number of para-hydroxylation sites is 2. The first-order valence-corrected chi connectivity index (χ1v) is 12.8. The zero-order valence-corrected chi connectivity index (χ0v) is 21.2. The molecule has 194 valence electrons. The van der Waals surface area contributed by atoms with E-state index in [2.05, 4.69) is 32.8 Å². The van der Waals surface area contributed by atoms with Crippen LogP contribution in [0.25, 0.3) is 38.7 Å². The zero-order valence-electron chi connectivity index (χ0n) is 21.2. The van der Waals surface area contributed by atoms with E-state index < -0.39 is 0 Å². The zero-order chi connectivity index (χ0) is 27.1. The van der Waals surface area contributed by atoms with Crippen LogP contribution in [0.5, 0.6) is 0 Å². The van der Waals surface area contributed by atoms with E-state index in [0.29, 0.717) is 22.9 Å². The SMILES string of the molecule is NCc1cc(C(=O)Nc2ccc(Nc3nc(-c4cccc5c4oc4ccccc45)cc4ccnn34)cc2)ccn1. The molecule has 0 aliphatic heterocycles. The fourth-order valence-corrected chi connectivity index (χ4v) is 4.80. The Morgan fingerprint density at radius 1 is 0.875 bits per heavy atom. The molecule has 1 amide bonds. The van der Waals surface area contributed by atoms with Gasteiger partial charge in [-0.3, -0.25) is 9.78 Å². The molecule has 7 aromatic rings. The summed E-state index contributed by atoms with van der Waals surface area (Å²) >= 11 is 0. The van der Waals surface area contributed by atoms with Crippen LogP contribution < -0.4 is 16.4 Å². The monoisotopic (exact) mass is 525 g/mol. The van der Waals surface area contributed by atoms with Crippen LogP contribution in [-0.2, 0) is 6.54 Å². The molecule has 0 bridgehead atoms. The Balaban J connectivity index is 1.19. The number of rotatable bonds is 6. The van der Waals surface area contributed by atoms with Crippen molar-refractivity contribution >= 4 is 50.7 Å². The van der Waals surface area contributed by atoms with Crippen LogP contribution in [0.2, 0.25) is 0 Å². The number of pyridine rings is 1. The third-order valence-electron chi connectivity index (χ3n) is 6.75. The summed E-state index contributed by atoms with van der Waals surface area (Å²) in [5, 5.41) is 12.8. The molecule has 4 heterocycles. The third-order valence-corrected chi connectivity index (χ3v) is 6.75. The molecule has 0 unspecified atom stereocenters. The van der Waals surface area contributed by atoms with Gasteiger partial charge in [0.15, 0.2) is 0 Å². The first kappa shape index (κ1) is 23.6. The van der Waals surface area contributed by atoms with Gasteiger partial charge in [0.1, 0.15) is 11.2 Å². The molecule has 9 heteroatoms. The molecule has 9 nitrogen and oxygen atoms in total. The fourth-order valence-electron chi connectivity index (χ4n) is 4.80. The highest BCUT2D eigenvalue weighted by atomic mass is 16.3. The lowest BCUT2D eigenvalue weighted by atomic mass is 10.1. The second-order valence-electron chi connectivity index (χ2n) is 9.31. The molecule has 7 rings (SSSR count). The highest BCUT2D eigenvalue weighted by Crippen LogP contribution is 2.36. The topological polar surface area (TPSA) is 123 Å². The van der Waals surface area contributed by atoms with Crippen molar-refractivity contribution in [1.29, 1.82) is 0 Å². The van der Waals surface area contributed by atoms with Gasteiger partial charge in [-0.2, -0.15) is 5.10 Å². The molecule has 40 heavy (non-hydrogen) atoms. The van der Waals surface area contributed by atoms with E-state index in [1.807, 2.05) is 66.7 Å². The second kappa shape index (κ2) is 9.64. The minimum Gasteiger partial charge on any atom is -0.455 e. The highest BCUT2D eigenvalue weighted by Gasteiger charge is 2.16. The third kappa shape index (κ3) is 4.20. The summed E-state index contributed by atoms with van der Waals surface area (Å²) in [5.41, 5.74) is 12.4. The lowest BCUT2D eigenvalue weighted by Gasteiger charge is -2.11. The van der Waals surface area contributed by atoms with Crippen LogP contribution in [0.1, 0.15) is 16.1 Å². The molecule has 0 aliphatic carbocycles. The standard InChI is InChI=1S/C31H23N7O2/c32-18-22-16-19(12-14-33-22)30(39)35-20-8-10-21(11-9-20)36-31-37-27(17-23-13-15-34-38(23)31)26-6-3-5-25-24-4-1-2-7-28(24)40-29(25)26/h1-17H,18,32H2,(H,35,39)(H,36,37). The van der Waals surface area contributed by atoms with Gasteiger partial charge in [0.2, 0.25) is 5.95 Å². The Hall–Kier alpha value is -5.54. The summed E-state index contributed by atoms with van der Waals surface area (Å²) < 4.78 is 8.00. The quantitative estimate of drug-likeness (QED) is 0.238. The number of carbonyl (C=O) groups is 1. The molecule has 0 saturated heterocycles. The number of carbonyl (C=O) groups excluding carboxylic acids is 1. The smallest absolute Gasteiger partial charge is 0.255 e. The molecular weight excluding hydrogens is 502 g/mol. The molecule has 4 N–H and O–H groups in total. The molecule has 0 aliphatic rings. The molecule has 0 fully saturated rings. The number of nitrogens with two attached hydrogens (primary N) is 1. The van der Waals surface area contributed by atoms with Gasteiger partial charge in [-0.1, -0.05) is 30.3 Å². The molecular formula is C31H23N7O2. The van der Waals surface area contributed by atoms with Crippen LogP contribution in [0.15, 0.2) is 108 Å². The summed E-state index contributed by atoms with van der Waals surface area (Å²) in [5.74, 6) is 0.318. The lowest BCUT2D eigenvalue weighted by molar-refractivity contribution is 0.102. The van der Waals surface area contributed by atoms with E-state index in [0.717, 1.165) is 44.4 Å². The van der Waals surface area contributed by atoms with Gasteiger partial charge in [0, 0.05) is 46.0 Å². The number of nitrogens with one attached hydrogen (secondary N) is 2. The van der Waals surface area contributed by atoms with E-state index in [1.54, 1.807) is 29.0 Å². The average molecular weight is 526 g/mol. The summed E-state index contributed by atoms with van der Waals surface area (Å²) in [6.45, 7) is 0.271. The maximum atomic E-state index is 12.7. The van der Waals surface area contributed by atoms with Crippen LogP contribution >= 0.6 is 0 Å². The maximum Gasteiger partial charge on any atom is 0.255 e. The van der Waals surface area contributed by atoms with Crippen molar-refractivity contribution in [3.8, 4) is 11.3 Å². The van der Waals surface area contributed by atoms with Crippen molar-refractivity contribution < 1.29 is 9.21 Å². The van der Waals surface area contributed by atoms with Gasteiger partial charge >= 0.3 is 0 Å². The molecule has 3 aromatic carbocycles. The molecule has 0 atom stereocenters. The molecule has 0 spiro atoms. The van der Waals surface area contributed by atoms with Crippen LogP contribution in [-0.4, -0.2) is 25.5 Å². The largest absolute Gasteiger partial charge is 0.455 e. The first-order valence-electron chi connectivity index (χ1n) is 12.8. The van der Waals surface area contributed by atoms with E-state index in [1.165, 1.54) is 0 Å². The summed E-state index contributed by atoms with van der Waals surface area (Å²) in [4.78, 5) is 21.7. The normalized spacial score (nSPS) is 11.3. The van der Waals surface area contributed by atoms with Gasteiger partial charge in [-0.25, -0.2) is 9.50 Å². The maximum absolute atomic E-state index is 12.7. The Morgan fingerprint density at radius 2 is 1.70 bits per heavy atom. The minimum absolute atomic E-state index is 0.231. The minimum atomic E-state index is -0.231. The van der Waals surface area contributed by atoms with Crippen LogP contribution in [0.4, 0.5) is 17.3 Å². The summed E-state index contributed by atoms with van der Waals surface area (Å²) in [6, 6.07) is 28.8. The predicted molar refractivity (Wildman–Crippen MR) is 156 cm³/mol. The van der Waals surface area contributed by atoms with Crippen molar-refractivity contribution in [2.45, 2.75) is 6.54 Å². The number of hydrogen-bond acceptors (Lipinski definition) is 7. The number of furan rings is 1. The Bertz CT molecular complexity index is 2030. The molecule has 0 saturated carbocycles. The van der Waals surface area contributed by atoms with E-state index >= 15 is 0 Å². The summed E-state index contributed by atoms with van der Waals surface area (Å²) in [7, 11) is 0. The number of aromatic nitrogens is 4. The number of amides is 1. The van der Waals surface area contributed by atoms with Crippen LogP contribution in [0.3, 0.4) is 0 Å². The first-order chi connectivity index (χ1) is 19.7. The van der Waals surface area contributed by atoms with E-state index in [-0.39, 0.29) is 12.5 Å². The van der Waals surface area contributed by atoms with Gasteiger partial charge in [0.05, 0.1) is 23.1 Å². The number of anilines is 3. The summed E-state index contributed by atoms with van der Waals surface area (Å²) in [6.07, 6.45) is 3.32. The average Bonchev–Trinajstić information content (AvgIpc) is 3.63. The second-order valence-corrected chi connectivity index (χ2v) is 9.31. The lowest BCUT2D eigenvalue weighted by Crippen LogP contribution is -2.13. The number of hydrogen-bond donors (Lipinski definition) is 3. The number of nitrogens with zero attached hydrogens (tertiary/aromatic N) is 4. The van der Waals surface area contributed by atoms with Gasteiger partial charge in [-0.05, 0) is 60.7 Å². The Labute approximate surface area is 228 Å². The van der Waals surface area contributed by atoms with Crippen molar-refractivity contribution in [3.63, 3.8) is 0 Å². The van der Waals surface area contributed by atoms with Gasteiger partial charge in [-0.15, -0.1) is 0 Å². The Kier molecular flexibility index (Phi) is 5.68. The van der Waals surface area contributed by atoms with Gasteiger partial charge < -0.3 is 20.8 Å². The van der Waals surface area contributed by atoms with Crippen molar-refractivity contribution in [2.24, 2.45) is 5.73 Å². The number of benzene rings is 3. The van der Waals surface area contributed by atoms with Crippen molar-refractivity contribution in [1.82, 2.24) is 19.6 Å². The van der Waals surface area contributed by atoms with E-state index in [9.17, 15) is 4.79 Å². The predicted octanol–water partition coefficient (Wildman–Crippen LogP) is 6.15. The number of fused-ring (bicyclic) bond motifs is 4. The highest BCUT2D eigenvalue weighted by molar-refractivity contribution is 6.09. The Morgan fingerprint density at radius 3 is 2.58 bits per heavy atom. The fraction of sp³-hybridized carbons (Fsp3) is 0.0323. The molecule has 4 aromatic heterocycles. The van der Waals surface area contributed by atoms with Crippen molar-refractivity contribution in [3.05, 3.63) is 115 Å². The van der Waals surface area contributed by atoms with Crippen molar-refractivity contribution in [2.75, 3.05) is 10.6 Å². The van der Waals surface area contributed by atoms with Gasteiger partial charge in [0.25, 0.3) is 5.91 Å². The van der Waals surface area contributed by atoms with Crippen LogP contribution in [0, 0.1) is 0 Å².